The lowest BCUT2D eigenvalue weighted by Crippen LogP contribution is -2.22. The van der Waals surface area contributed by atoms with Crippen molar-refractivity contribution in [3.05, 3.63) is 29.3 Å². The topological polar surface area (TPSA) is 49.8 Å². The Balaban J connectivity index is 2.95. The minimum Gasteiger partial charge on any atom is -0.496 e. The summed E-state index contributed by atoms with van der Waals surface area (Å²) in [6.45, 7) is 6.84. The van der Waals surface area contributed by atoms with Crippen LogP contribution in [0.5, 0.6) is 5.75 Å². The van der Waals surface area contributed by atoms with Gasteiger partial charge in [-0.15, -0.1) is 0 Å². The van der Waals surface area contributed by atoms with Gasteiger partial charge in [0.1, 0.15) is 11.3 Å². The molecule has 0 unspecified atom stereocenters. The summed E-state index contributed by atoms with van der Waals surface area (Å²) in [6.07, 6.45) is 0. The number of carbonyl (C=O) groups is 1. The predicted molar refractivity (Wildman–Crippen MR) is 66.6 cm³/mol. The average molecular weight is 237 g/mol. The SMILES string of the molecule is CCN(CC)Cc1ccc(OC)c(C(=O)O)c1. The normalized spacial score (nSPS) is 10.6. The lowest BCUT2D eigenvalue weighted by molar-refractivity contribution is 0.0693. The van der Waals surface area contributed by atoms with Gasteiger partial charge in [0.25, 0.3) is 0 Å². The molecule has 1 N–H and O–H groups in total. The van der Waals surface area contributed by atoms with E-state index in [-0.39, 0.29) is 5.56 Å². The molecule has 0 bridgehead atoms. The molecule has 0 amide bonds. The van der Waals surface area contributed by atoms with Crippen molar-refractivity contribution in [1.82, 2.24) is 4.90 Å². The maximum Gasteiger partial charge on any atom is 0.339 e. The average Bonchev–Trinajstić information content (AvgIpc) is 2.35. The molecular weight excluding hydrogens is 218 g/mol. The van der Waals surface area contributed by atoms with E-state index in [4.69, 9.17) is 9.84 Å². The van der Waals surface area contributed by atoms with Crippen molar-refractivity contribution in [3.63, 3.8) is 0 Å². The molecule has 0 saturated carbocycles. The number of hydrogen-bond acceptors (Lipinski definition) is 3. The third kappa shape index (κ3) is 3.46. The van der Waals surface area contributed by atoms with Crippen molar-refractivity contribution < 1.29 is 14.6 Å². The number of methoxy groups -OCH3 is 1. The van der Waals surface area contributed by atoms with Crippen LogP contribution in [0.25, 0.3) is 0 Å². The highest BCUT2D eigenvalue weighted by Crippen LogP contribution is 2.20. The second kappa shape index (κ2) is 6.25. The van der Waals surface area contributed by atoms with Crippen molar-refractivity contribution >= 4 is 5.97 Å². The molecule has 1 aromatic carbocycles. The van der Waals surface area contributed by atoms with Crippen LogP contribution < -0.4 is 4.74 Å². The molecule has 0 heterocycles. The molecule has 0 radical (unpaired) electrons. The second-order valence-electron chi connectivity index (χ2n) is 3.80. The lowest BCUT2D eigenvalue weighted by Gasteiger charge is -2.18. The monoisotopic (exact) mass is 237 g/mol. The van der Waals surface area contributed by atoms with Crippen LogP contribution in [-0.4, -0.2) is 36.2 Å². The van der Waals surface area contributed by atoms with E-state index in [9.17, 15) is 4.79 Å². The fraction of sp³-hybridized carbons (Fsp3) is 0.462. The first-order valence-electron chi connectivity index (χ1n) is 5.74. The number of benzene rings is 1. The summed E-state index contributed by atoms with van der Waals surface area (Å²) in [5.41, 5.74) is 1.21. The number of ether oxygens (including phenoxy) is 1. The van der Waals surface area contributed by atoms with Crippen molar-refractivity contribution in [2.75, 3.05) is 20.2 Å². The zero-order valence-corrected chi connectivity index (χ0v) is 10.6. The Morgan fingerprint density at radius 2 is 2.00 bits per heavy atom. The Hall–Kier alpha value is -1.55. The maximum absolute atomic E-state index is 11.1. The number of rotatable bonds is 6. The summed E-state index contributed by atoms with van der Waals surface area (Å²) < 4.78 is 5.02. The predicted octanol–water partition coefficient (Wildman–Crippen LogP) is 2.24. The highest BCUT2D eigenvalue weighted by molar-refractivity contribution is 5.91. The summed E-state index contributed by atoms with van der Waals surface area (Å²) >= 11 is 0. The van der Waals surface area contributed by atoms with Gasteiger partial charge in [-0.3, -0.25) is 4.90 Å². The Bertz CT molecular complexity index is 386. The van der Waals surface area contributed by atoms with Crippen LogP contribution in [0.4, 0.5) is 0 Å². The van der Waals surface area contributed by atoms with Crippen molar-refractivity contribution in [2.24, 2.45) is 0 Å². The second-order valence-corrected chi connectivity index (χ2v) is 3.80. The van der Waals surface area contributed by atoms with Crippen molar-refractivity contribution in [1.29, 1.82) is 0 Å². The number of nitrogens with zero attached hydrogens (tertiary/aromatic N) is 1. The number of carboxylic acid groups (broad SMARTS) is 1. The molecule has 4 heteroatoms. The molecule has 0 aliphatic rings. The van der Waals surface area contributed by atoms with Gasteiger partial charge in [-0.05, 0) is 30.8 Å². The molecule has 0 fully saturated rings. The van der Waals surface area contributed by atoms with Gasteiger partial charge < -0.3 is 9.84 Å². The first-order chi connectivity index (χ1) is 8.12. The highest BCUT2D eigenvalue weighted by atomic mass is 16.5. The largest absolute Gasteiger partial charge is 0.496 e. The van der Waals surface area contributed by atoms with Gasteiger partial charge in [-0.1, -0.05) is 19.9 Å². The summed E-state index contributed by atoms with van der Waals surface area (Å²) in [7, 11) is 1.48. The summed E-state index contributed by atoms with van der Waals surface area (Å²) in [5, 5.41) is 9.08. The standard InChI is InChI=1S/C13H19NO3/c1-4-14(5-2)9-10-6-7-12(17-3)11(8-10)13(15)16/h6-8H,4-5,9H2,1-3H3,(H,15,16). The van der Waals surface area contributed by atoms with Gasteiger partial charge in [0.15, 0.2) is 0 Å². The summed E-state index contributed by atoms with van der Waals surface area (Å²) in [5.74, 6) is -0.552. The number of aromatic carboxylic acids is 1. The molecule has 1 rings (SSSR count). The first-order valence-corrected chi connectivity index (χ1v) is 5.74. The van der Waals surface area contributed by atoms with Crippen LogP contribution in [0.1, 0.15) is 29.8 Å². The molecular formula is C13H19NO3. The Kier molecular flexibility index (Phi) is 4.97. The van der Waals surface area contributed by atoms with Crippen LogP contribution >= 0.6 is 0 Å². The Morgan fingerprint density at radius 1 is 1.35 bits per heavy atom. The van der Waals surface area contributed by atoms with E-state index in [2.05, 4.69) is 18.7 Å². The third-order valence-electron chi connectivity index (χ3n) is 2.79. The van der Waals surface area contributed by atoms with E-state index in [1.807, 2.05) is 6.07 Å². The van der Waals surface area contributed by atoms with Crippen molar-refractivity contribution in [2.45, 2.75) is 20.4 Å². The smallest absolute Gasteiger partial charge is 0.339 e. The lowest BCUT2D eigenvalue weighted by atomic mass is 10.1. The van der Waals surface area contributed by atoms with Crippen LogP contribution in [0.2, 0.25) is 0 Å². The van der Waals surface area contributed by atoms with Crippen LogP contribution in [0, 0.1) is 0 Å². The molecule has 94 valence electrons. The van der Waals surface area contributed by atoms with Gasteiger partial charge in [0.2, 0.25) is 0 Å². The van der Waals surface area contributed by atoms with E-state index in [0.29, 0.717) is 5.75 Å². The van der Waals surface area contributed by atoms with Crippen molar-refractivity contribution in [3.8, 4) is 5.75 Å². The summed E-state index contributed by atoms with van der Waals surface area (Å²) in [4.78, 5) is 13.3. The third-order valence-corrected chi connectivity index (χ3v) is 2.79. The van der Waals surface area contributed by atoms with Gasteiger partial charge in [-0.25, -0.2) is 4.79 Å². The Morgan fingerprint density at radius 3 is 2.47 bits per heavy atom. The number of hydrogen-bond donors (Lipinski definition) is 1. The van der Waals surface area contributed by atoms with Gasteiger partial charge >= 0.3 is 5.97 Å². The molecule has 1 aromatic rings. The van der Waals surface area contributed by atoms with Gasteiger partial charge in [0, 0.05) is 6.54 Å². The highest BCUT2D eigenvalue weighted by Gasteiger charge is 2.12. The molecule has 0 aliphatic carbocycles. The van der Waals surface area contributed by atoms with Crippen LogP contribution in [-0.2, 0) is 6.54 Å². The van der Waals surface area contributed by atoms with E-state index in [1.165, 1.54) is 7.11 Å². The fourth-order valence-corrected chi connectivity index (χ4v) is 1.73. The van der Waals surface area contributed by atoms with E-state index < -0.39 is 5.97 Å². The zero-order chi connectivity index (χ0) is 12.8. The minimum atomic E-state index is -0.955. The van der Waals surface area contributed by atoms with E-state index in [0.717, 1.165) is 25.2 Å². The fourth-order valence-electron chi connectivity index (χ4n) is 1.73. The molecule has 0 spiro atoms. The summed E-state index contributed by atoms with van der Waals surface area (Å²) in [6, 6.07) is 5.30. The molecule has 0 aromatic heterocycles. The van der Waals surface area contributed by atoms with Gasteiger partial charge in [0.05, 0.1) is 7.11 Å². The molecule has 17 heavy (non-hydrogen) atoms. The van der Waals surface area contributed by atoms with E-state index >= 15 is 0 Å². The zero-order valence-electron chi connectivity index (χ0n) is 10.6. The molecule has 0 aliphatic heterocycles. The quantitative estimate of drug-likeness (QED) is 0.824. The minimum absolute atomic E-state index is 0.220. The number of carboxylic acids is 1. The molecule has 0 atom stereocenters. The van der Waals surface area contributed by atoms with E-state index in [1.54, 1.807) is 12.1 Å². The molecule has 4 nitrogen and oxygen atoms in total. The Labute approximate surface area is 102 Å². The van der Waals surface area contributed by atoms with Gasteiger partial charge in [-0.2, -0.15) is 0 Å². The van der Waals surface area contributed by atoms with Crippen LogP contribution in [0.15, 0.2) is 18.2 Å². The first kappa shape index (κ1) is 13.5. The molecule has 0 saturated heterocycles. The maximum atomic E-state index is 11.1. The van der Waals surface area contributed by atoms with Crippen LogP contribution in [0.3, 0.4) is 0 Å².